The maximum Gasteiger partial charge on any atom is 0.328 e. The van der Waals surface area contributed by atoms with Gasteiger partial charge in [0.05, 0.1) is 11.2 Å². The normalized spacial score (nSPS) is 18.6. The molecule has 1 saturated heterocycles. The standard InChI is InChI=1S/C19H24BNO2S/c1-13-6-7-15(21-17(22)14-8-9-24-11-14)10-16(13)20-12-18(2,3)19(4,5)23-20/h6-11H,12H2,1-5H3,(H,21,22). The molecule has 1 fully saturated rings. The quantitative estimate of drug-likeness (QED) is 0.844. The summed E-state index contributed by atoms with van der Waals surface area (Å²) >= 11 is 1.52. The minimum atomic E-state index is -0.167. The van der Waals surface area contributed by atoms with Crippen LogP contribution in [0.4, 0.5) is 5.69 Å². The number of thiophene rings is 1. The number of aryl methyl sites for hydroxylation is 1. The zero-order chi connectivity index (χ0) is 17.5. The van der Waals surface area contributed by atoms with Crippen LogP contribution >= 0.6 is 11.3 Å². The molecule has 0 unspecified atom stereocenters. The van der Waals surface area contributed by atoms with Crippen molar-refractivity contribution in [3.8, 4) is 0 Å². The summed E-state index contributed by atoms with van der Waals surface area (Å²) in [6.07, 6.45) is 0.975. The lowest BCUT2D eigenvalue weighted by Crippen LogP contribution is -2.36. The topological polar surface area (TPSA) is 38.3 Å². The van der Waals surface area contributed by atoms with E-state index in [-0.39, 0.29) is 23.8 Å². The molecule has 0 saturated carbocycles. The van der Waals surface area contributed by atoms with Crippen molar-refractivity contribution in [2.24, 2.45) is 5.41 Å². The van der Waals surface area contributed by atoms with Gasteiger partial charge >= 0.3 is 6.92 Å². The smallest absolute Gasteiger partial charge is 0.328 e. The number of carbonyl (C=O) groups is 1. The van der Waals surface area contributed by atoms with Crippen molar-refractivity contribution < 1.29 is 9.45 Å². The molecule has 3 rings (SSSR count). The summed E-state index contributed by atoms with van der Waals surface area (Å²) in [7, 11) is 0. The number of anilines is 1. The van der Waals surface area contributed by atoms with Crippen LogP contribution in [0.2, 0.25) is 6.32 Å². The third-order valence-electron chi connectivity index (χ3n) is 5.43. The van der Waals surface area contributed by atoms with Gasteiger partial charge in [-0.05, 0) is 61.5 Å². The number of rotatable bonds is 3. The second-order valence-corrected chi connectivity index (χ2v) is 8.52. The summed E-state index contributed by atoms with van der Waals surface area (Å²) in [5.74, 6) is -0.0703. The first-order valence-electron chi connectivity index (χ1n) is 8.31. The minimum absolute atomic E-state index is 0.0630. The molecule has 0 atom stereocenters. The van der Waals surface area contributed by atoms with Gasteiger partial charge in [0, 0.05) is 11.1 Å². The Morgan fingerprint density at radius 1 is 1.25 bits per heavy atom. The number of hydrogen-bond acceptors (Lipinski definition) is 3. The zero-order valence-corrected chi connectivity index (χ0v) is 15.8. The van der Waals surface area contributed by atoms with Crippen molar-refractivity contribution in [3.63, 3.8) is 0 Å². The number of benzene rings is 1. The van der Waals surface area contributed by atoms with Gasteiger partial charge in [-0.15, -0.1) is 0 Å². The predicted octanol–water partition coefficient (Wildman–Crippen LogP) is 4.34. The van der Waals surface area contributed by atoms with Crippen LogP contribution in [0.1, 0.15) is 43.6 Å². The minimum Gasteiger partial charge on any atom is -0.426 e. The van der Waals surface area contributed by atoms with E-state index in [1.807, 2.05) is 22.9 Å². The van der Waals surface area contributed by atoms with Crippen LogP contribution in [-0.2, 0) is 4.65 Å². The van der Waals surface area contributed by atoms with Crippen LogP contribution < -0.4 is 10.8 Å². The molecule has 1 aliphatic rings. The number of nitrogens with one attached hydrogen (secondary N) is 1. The van der Waals surface area contributed by atoms with E-state index >= 15 is 0 Å². The Balaban J connectivity index is 1.84. The largest absolute Gasteiger partial charge is 0.426 e. The second kappa shape index (κ2) is 6.05. The fourth-order valence-corrected chi connectivity index (χ4v) is 3.74. The van der Waals surface area contributed by atoms with E-state index < -0.39 is 0 Å². The van der Waals surface area contributed by atoms with Crippen LogP contribution in [0.15, 0.2) is 35.0 Å². The van der Waals surface area contributed by atoms with Gasteiger partial charge in [-0.3, -0.25) is 4.79 Å². The fraction of sp³-hybridized carbons (Fsp3) is 0.421. The van der Waals surface area contributed by atoms with E-state index in [1.54, 1.807) is 0 Å². The molecule has 2 aromatic rings. The Bertz CT molecular complexity index is 737. The van der Waals surface area contributed by atoms with E-state index in [0.717, 1.165) is 17.5 Å². The third-order valence-corrected chi connectivity index (χ3v) is 6.11. The first-order chi connectivity index (χ1) is 11.2. The summed E-state index contributed by atoms with van der Waals surface area (Å²) < 4.78 is 6.35. The van der Waals surface area contributed by atoms with Gasteiger partial charge in [0.25, 0.3) is 5.91 Å². The lowest BCUT2D eigenvalue weighted by molar-refractivity contribution is 0.0375. The molecule has 1 aliphatic heterocycles. The number of carbonyl (C=O) groups excluding carboxylic acids is 1. The second-order valence-electron chi connectivity index (χ2n) is 7.74. The highest BCUT2D eigenvalue weighted by molar-refractivity contribution is 7.08. The molecule has 1 N–H and O–H groups in total. The summed E-state index contributed by atoms with van der Waals surface area (Å²) in [4.78, 5) is 12.3. The van der Waals surface area contributed by atoms with Crippen molar-refractivity contribution in [3.05, 3.63) is 46.2 Å². The average molecular weight is 341 g/mol. The molecule has 126 valence electrons. The summed E-state index contributed by atoms with van der Waals surface area (Å²) in [6, 6.07) is 7.90. The lowest BCUT2D eigenvalue weighted by atomic mass is 9.53. The van der Waals surface area contributed by atoms with Crippen molar-refractivity contribution >= 4 is 35.3 Å². The molecular weight excluding hydrogens is 317 g/mol. The highest BCUT2D eigenvalue weighted by atomic mass is 32.1. The average Bonchev–Trinajstić information content (AvgIpc) is 3.08. The van der Waals surface area contributed by atoms with Crippen LogP contribution in [0.5, 0.6) is 0 Å². The molecule has 1 aromatic carbocycles. The molecule has 0 aliphatic carbocycles. The first-order valence-corrected chi connectivity index (χ1v) is 9.26. The van der Waals surface area contributed by atoms with E-state index in [2.05, 4.69) is 52.1 Å². The molecule has 2 heterocycles. The monoisotopic (exact) mass is 341 g/mol. The summed E-state index contributed by atoms with van der Waals surface area (Å²) in [5.41, 5.74) is 3.82. The summed E-state index contributed by atoms with van der Waals surface area (Å²) in [6.45, 7) is 11.0. The van der Waals surface area contributed by atoms with Gasteiger partial charge in [-0.25, -0.2) is 0 Å². The van der Waals surface area contributed by atoms with Crippen molar-refractivity contribution in [2.45, 2.75) is 46.5 Å². The van der Waals surface area contributed by atoms with Crippen LogP contribution in [0.3, 0.4) is 0 Å². The molecule has 5 heteroatoms. The molecule has 0 spiro atoms. The van der Waals surface area contributed by atoms with Crippen LogP contribution in [0, 0.1) is 12.3 Å². The molecule has 0 radical (unpaired) electrons. The highest BCUT2D eigenvalue weighted by Crippen LogP contribution is 2.45. The Morgan fingerprint density at radius 3 is 2.58 bits per heavy atom. The Labute approximate surface area is 148 Å². The molecule has 24 heavy (non-hydrogen) atoms. The molecule has 0 bridgehead atoms. The Morgan fingerprint density at radius 2 is 2.00 bits per heavy atom. The van der Waals surface area contributed by atoms with Crippen molar-refractivity contribution in [2.75, 3.05) is 5.32 Å². The Hall–Kier alpha value is -1.59. The Kier molecular flexibility index (Phi) is 4.35. The maximum absolute atomic E-state index is 12.3. The van der Waals surface area contributed by atoms with Gasteiger partial charge in [0.1, 0.15) is 0 Å². The third kappa shape index (κ3) is 3.15. The zero-order valence-electron chi connectivity index (χ0n) is 15.0. The number of amides is 1. The van der Waals surface area contributed by atoms with Gasteiger partial charge in [-0.1, -0.05) is 25.5 Å². The van der Waals surface area contributed by atoms with E-state index in [4.69, 9.17) is 4.65 Å². The van der Waals surface area contributed by atoms with Gasteiger partial charge in [-0.2, -0.15) is 11.3 Å². The molecular formula is C19H24BNO2S. The first kappa shape index (κ1) is 17.2. The predicted molar refractivity (Wildman–Crippen MR) is 103 cm³/mol. The maximum atomic E-state index is 12.3. The van der Waals surface area contributed by atoms with E-state index in [1.165, 1.54) is 16.9 Å². The van der Waals surface area contributed by atoms with Crippen molar-refractivity contribution in [1.82, 2.24) is 0 Å². The molecule has 3 nitrogen and oxygen atoms in total. The van der Waals surface area contributed by atoms with E-state index in [0.29, 0.717) is 5.56 Å². The van der Waals surface area contributed by atoms with Gasteiger partial charge in [0.2, 0.25) is 0 Å². The highest BCUT2D eigenvalue weighted by Gasteiger charge is 2.50. The number of hydrogen-bond donors (Lipinski definition) is 1. The summed E-state index contributed by atoms with van der Waals surface area (Å²) in [5, 5.41) is 6.75. The fourth-order valence-electron chi connectivity index (χ4n) is 3.10. The lowest BCUT2D eigenvalue weighted by Gasteiger charge is -2.34. The van der Waals surface area contributed by atoms with Crippen LogP contribution in [0.25, 0.3) is 0 Å². The van der Waals surface area contributed by atoms with Gasteiger partial charge in [0.15, 0.2) is 0 Å². The molecule has 1 amide bonds. The van der Waals surface area contributed by atoms with Gasteiger partial charge < -0.3 is 9.97 Å². The SMILES string of the molecule is Cc1ccc(NC(=O)c2ccsc2)cc1B1CC(C)(C)C(C)(C)O1. The van der Waals surface area contributed by atoms with Crippen LogP contribution in [-0.4, -0.2) is 18.4 Å². The van der Waals surface area contributed by atoms with Crippen molar-refractivity contribution in [1.29, 1.82) is 0 Å². The van der Waals surface area contributed by atoms with E-state index in [9.17, 15) is 4.79 Å². The molecule has 1 aromatic heterocycles.